The maximum absolute atomic E-state index is 12.3. The number of rotatable bonds is 8. The minimum atomic E-state index is -3.66. The Bertz CT molecular complexity index is 664. The summed E-state index contributed by atoms with van der Waals surface area (Å²) in [4.78, 5) is 13.9. The quantitative estimate of drug-likeness (QED) is 0.705. The van der Waals surface area contributed by atoms with Gasteiger partial charge in [0.25, 0.3) is 0 Å². The van der Waals surface area contributed by atoms with Gasteiger partial charge in [0.05, 0.1) is 12.3 Å². The molecule has 8 heteroatoms. The average Bonchev–Trinajstić information content (AvgIpc) is 2.54. The van der Waals surface area contributed by atoms with Gasteiger partial charge in [-0.05, 0) is 45.4 Å². The lowest BCUT2D eigenvalue weighted by atomic mass is 10.1. The molecule has 0 saturated carbocycles. The predicted octanol–water partition coefficient (Wildman–Crippen LogP) is 3.40. The molecule has 0 aliphatic rings. The van der Waals surface area contributed by atoms with Crippen LogP contribution in [0.3, 0.4) is 0 Å². The third kappa shape index (κ3) is 5.87. The van der Waals surface area contributed by atoms with Crippen molar-refractivity contribution in [3.8, 4) is 5.75 Å². The molecule has 0 saturated heterocycles. The van der Waals surface area contributed by atoms with E-state index in [4.69, 9.17) is 15.8 Å². The zero-order chi connectivity index (χ0) is 18.3. The van der Waals surface area contributed by atoms with Crippen LogP contribution >= 0.6 is 11.6 Å². The number of hydrogen-bond acceptors (Lipinski definition) is 4. The lowest BCUT2D eigenvalue weighted by Crippen LogP contribution is -2.44. The Kier molecular flexibility index (Phi) is 7.83. The van der Waals surface area contributed by atoms with Crippen molar-refractivity contribution >= 4 is 27.8 Å². The van der Waals surface area contributed by atoms with Crippen molar-refractivity contribution in [1.82, 2.24) is 10.2 Å². The van der Waals surface area contributed by atoms with Crippen molar-refractivity contribution in [2.45, 2.75) is 46.7 Å². The smallest absolute Gasteiger partial charge is 0.317 e. The van der Waals surface area contributed by atoms with Crippen LogP contribution in [0.5, 0.6) is 5.75 Å². The van der Waals surface area contributed by atoms with E-state index >= 15 is 0 Å². The second-order valence-corrected chi connectivity index (χ2v) is 7.70. The first-order valence-corrected chi connectivity index (χ1v) is 9.94. The van der Waals surface area contributed by atoms with Crippen LogP contribution in [0, 0.1) is 0 Å². The summed E-state index contributed by atoms with van der Waals surface area (Å²) in [5.74, 6) is 0.0550. The van der Waals surface area contributed by atoms with Crippen LogP contribution in [0.2, 0.25) is 5.02 Å². The van der Waals surface area contributed by atoms with E-state index in [9.17, 15) is 13.2 Å². The molecule has 0 unspecified atom stereocenters. The fourth-order valence-corrected chi connectivity index (χ4v) is 2.78. The second kappa shape index (κ2) is 9.13. The van der Waals surface area contributed by atoms with Crippen LogP contribution in [0.1, 0.15) is 39.7 Å². The Balaban J connectivity index is 3.17. The van der Waals surface area contributed by atoms with Crippen molar-refractivity contribution < 1.29 is 17.4 Å². The summed E-state index contributed by atoms with van der Waals surface area (Å²) in [6.45, 7) is 7.97. The van der Waals surface area contributed by atoms with E-state index in [-0.39, 0.29) is 30.1 Å². The first-order chi connectivity index (χ1) is 11.2. The van der Waals surface area contributed by atoms with Gasteiger partial charge in [0.2, 0.25) is 0 Å². The zero-order valence-electron chi connectivity index (χ0n) is 14.5. The van der Waals surface area contributed by atoms with Gasteiger partial charge in [-0.3, -0.25) is 0 Å². The van der Waals surface area contributed by atoms with Gasteiger partial charge in [0, 0.05) is 23.2 Å². The molecular weight excluding hydrogens is 352 g/mol. The normalized spacial score (nSPS) is 12.5. The maximum atomic E-state index is 12.3. The number of hydrogen-bond donors (Lipinski definition) is 1. The molecule has 1 aromatic carbocycles. The zero-order valence-corrected chi connectivity index (χ0v) is 16.1. The molecule has 0 bridgehead atoms. The largest absolute Gasteiger partial charge is 0.382 e. The third-order valence-electron chi connectivity index (χ3n) is 3.65. The number of nitrogens with one attached hydrogen (secondary N) is 1. The van der Waals surface area contributed by atoms with E-state index < -0.39 is 10.1 Å². The maximum Gasteiger partial charge on any atom is 0.317 e. The molecule has 0 aliphatic heterocycles. The number of benzene rings is 1. The van der Waals surface area contributed by atoms with Crippen LogP contribution < -0.4 is 9.50 Å². The van der Waals surface area contributed by atoms with Gasteiger partial charge in [0.1, 0.15) is 5.75 Å². The van der Waals surface area contributed by atoms with E-state index in [0.29, 0.717) is 17.1 Å². The molecule has 24 heavy (non-hydrogen) atoms. The summed E-state index contributed by atoms with van der Waals surface area (Å²) in [7, 11) is -3.66. The van der Waals surface area contributed by atoms with E-state index in [1.54, 1.807) is 17.0 Å². The lowest BCUT2D eigenvalue weighted by molar-refractivity contribution is 0.173. The highest BCUT2D eigenvalue weighted by Gasteiger charge is 2.22. The summed E-state index contributed by atoms with van der Waals surface area (Å²) >= 11 is 6.04. The van der Waals surface area contributed by atoms with Crippen molar-refractivity contribution in [2.24, 2.45) is 0 Å². The molecule has 0 spiro atoms. The molecule has 0 aromatic heterocycles. The molecule has 2 amide bonds. The van der Waals surface area contributed by atoms with Gasteiger partial charge >= 0.3 is 16.1 Å². The van der Waals surface area contributed by atoms with E-state index in [2.05, 4.69) is 5.32 Å². The summed E-state index contributed by atoms with van der Waals surface area (Å²) in [6, 6.07) is 4.46. The third-order valence-corrected chi connectivity index (χ3v) is 5.02. The highest BCUT2D eigenvalue weighted by molar-refractivity contribution is 7.87. The molecule has 6 nitrogen and oxygen atoms in total. The van der Waals surface area contributed by atoms with E-state index in [1.807, 2.05) is 20.8 Å². The minimum absolute atomic E-state index is 0.0221. The summed E-state index contributed by atoms with van der Waals surface area (Å²) in [5.41, 5.74) is 0.547. The summed E-state index contributed by atoms with van der Waals surface area (Å²) in [6.07, 6.45) is 0.765. The highest BCUT2D eigenvalue weighted by Crippen LogP contribution is 2.26. The van der Waals surface area contributed by atoms with Gasteiger partial charge < -0.3 is 14.4 Å². The minimum Gasteiger partial charge on any atom is -0.382 e. The van der Waals surface area contributed by atoms with Crippen LogP contribution in [-0.4, -0.2) is 37.7 Å². The Morgan fingerprint density at radius 1 is 1.33 bits per heavy atom. The van der Waals surface area contributed by atoms with Crippen LogP contribution in [0.15, 0.2) is 18.2 Å². The fourth-order valence-electron chi connectivity index (χ4n) is 2.03. The first-order valence-electron chi connectivity index (χ1n) is 7.99. The van der Waals surface area contributed by atoms with E-state index in [0.717, 1.165) is 6.42 Å². The van der Waals surface area contributed by atoms with Crippen molar-refractivity contribution in [3.63, 3.8) is 0 Å². The molecule has 0 aliphatic carbocycles. The standard InChI is InChI=1S/C16H25ClN2O4S/c1-5-12(4)19(16(20)18-6-2)11-13-10-14(17)8-9-15(13)23-24(21,22)7-3/h8-10,12H,5-7,11H2,1-4H3,(H,18,20)/t12-/m0/s1. The number of halogens is 1. The van der Waals surface area contributed by atoms with Crippen LogP contribution in [0.4, 0.5) is 4.79 Å². The SMILES string of the molecule is CCNC(=O)N(Cc1cc(Cl)ccc1OS(=O)(=O)CC)[C@@H](C)CC. The molecule has 0 fully saturated rings. The summed E-state index contributed by atoms with van der Waals surface area (Å²) < 4.78 is 28.7. The fraction of sp³-hybridized carbons (Fsp3) is 0.562. The van der Waals surface area contributed by atoms with Gasteiger partial charge in [-0.15, -0.1) is 0 Å². The van der Waals surface area contributed by atoms with Gasteiger partial charge in [0.15, 0.2) is 0 Å². The molecule has 136 valence electrons. The Morgan fingerprint density at radius 3 is 2.54 bits per heavy atom. The first kappa shape index (κ1) is 20.6. The number of carbonyl (C=O) groups is 1. The van der Waals surface area contributed by atoms with Crippen molar-refractivity contribution in [3.05, 3.63) is 28.8 Å². The second-order valence-electron chi connectivity index (χ2n) is 5.40. The number of urea groups is 1. The Labute approximate surface area is 149 Å². The van der Waals surface area contributed by atoms with Crippen molar-refractivity contribution in [1.29, 1.82) is 0 Å². The highest BCUT2D eigenvalue weighted by atomic mass is 35.5. The molecular formula is C16H25ClN2O4S. The predicted molar refractivity (Wildman–Crippen MR) is 95.9 cm³/mol. The molecule has 0 heterocycles. The van der Waals surface area contributed by atoms with E-state index in [1.165, 1.54) is 13.0 Å². The molecule has 1 N–H and O–H groups in total. The van der Waals surface area contributed by atoms with Gasteiger partial charge in [-0.2, -0.15) is 8.42 Å². The van der Waals surface area contributed by atoms with Crippen molar-refractivity contribution in [2.75, 3.05) is 12.3 Å². The number of nitrogens with zero attached hydrogens (tertiary/aromatic N) is 1. The monoisotopic (exact) mass is 376 g/mol. The molecule has 1 aromatic rings. The number of carbonyl (C=O) groups excluding carboxylic acids is 1. The Hall–Kier alpha value is -1.47. The number of amides is 2. The molecule has 1 atom stereocenters. The molecule has 0 radical (unpaired) electrons. The van der Waals surface area contributed by atoms with Crippen LogP contribution in [-0.2, 0) is 16.7 Å². The topological polar surface area (TPSA) is 75.7 Å². The Morgan fingerprint density at radius 2 is 2.00 bits per heavy atom. The van der Waals surface area contributed by atoms with Crippen LogP contribution in [0.25, 0.3) is 0 Å². The molecule has 1 rings (SSSR count). The average molecular weight is 377 g/mol. The van der Waals surface area contributed by atoms with Gasteiger partial charge in [-0.1, -0.05) is 18.5 Å². The lowest BCUT2D eigenvalue weighted by Gasteiger charge is -2.29. The van der Waals surface area contributed by atoms with Gasteiger partial charge in [-0.25, -0.2) is 4.79 Å². The summed E-state index contributed by atoms with van der Waals surface area (Å²) in [5, 5.41) is 3.22.